The second-order valence-corrected chi connectivity index (χ2v) is 4.62. The van der Waals surface area contributed by atoms with Crippen LogP contribution in [0.3, 0.4) is 0 Å². The van der Waals surface area contributed by atoms with Crippen LogP contribution in [0.4, 0.5) is 0 Å². The number of amides is 1. The Morgan fingerprint density at radius 2 is 1.88 bits per heavy atom. The number of nitrogens with one attached hydrogen (secondary N) is 1. The fourth-order valence-corrected chi connectivity index (χ4v) is 1.73. The highest BCUT2D eigenvalue weighted by molar-refractivity contribution is 5.95. The second kappa shape index (κ2) is 4.25. The van der Waals surface area contributed by atoms with Gasteiger partial charge in [0.25, 0.3) is 5.91 Å². The van der Waals surface area contributed by atoms with E-state index in [-0.39, 0.29) is 28.4 Å². The quantitative estimate of drug-likeness (QED) is 0.614. The summed E-state index contributed by atoms with van der Waals surface area (Å²) < 4.78 is 0. The fraction of sp³-hybridized carbons (Fsp3) is 0.417. The van der Waals surface area contributed by atoms with E-state index < -0.39 is 0 Å². The lowest BCUT2D eigenvalue weighted by molar-refractivity contribution is 0.0944. The second-order valence-electron chi connectivity index (χ2n) is 4.62. The molecule has 5 heteroatoms. The van der Waals surface area contributed by atoms with Gasteiger partial charge in [-0.1, -0.05) is 0 Å². The van der Waals surface area contributed by atoms with Gasteiger partial charge < -0.3 is 21.3 Å². The molecule has 1 aromatic carbocycles. The zero-order valence-corrected chi connectivity index (χ0v) is 9.44. The van der Waals surface area contributed by atoms with Gasteiger partial charge in [-0.15, -0.1) is 0 Å². The summed E-state index contributed by atoms with van der Waals surface area (Å²) in [6.45, 7) is 1.11. The predicted octanol–water partition coefficient (Wildman–Crippen LogP) is 0.567. The summed E-state index contributed by atoms with van der Waals surface area (Å²) in [4.78, 5) is 11.8. The van der Waals surface area contributed by atoms with Gasteiger partial charge in [0.2, 0.25) is 0 Å². The van der Waals surface area contributed by atoms with Crippen LogP contribution in [0.2, 0.25) is 0 Å². The van der Waals surface area contributed by atoms with Gasteiger partial charge in [-0.2, -0.15) is 0 Å². The topological polar surface area (TPSA) is 95.6 Å². The Balaban J connectivity index is 1.99. The van der Waals surface area contributed by atoms with Crippen LogP contribution in [0.5, 0.6) is 11.5 Å². The van der Waals surface area contributed by atoms with Crippen molar-refractivity contribution < 1.29 is 15.0 Å². The van der Waals surface area contributed by atoms with Crippen LogP contribution in [0.25, 0.3) is 0 Å². The van der Waals surface area contributed by atoms with Gasteiger partial charge in [0, 0.05) is 23.6 Å². The minimum Gasteiger partial charge on any atom is -0.508 e. The summed E-state index contributed by atoms with van der Waals surface area (Å²) in [5.41, 5.74) is 5.92. The molecule has 0 atom stereocenters. The summed E-state index contributed by atoms with van der Waals surface area (Å²) in [6.07, 6.45) is 2.07. The first-order chi connectivity index (χ1) is 8.04. The number of rotatable bonds is 4. The molecular formula is C12H16N2O3. The third-order valence-electron chi connectivity index (χ3n) is 3.18. The zero-order valence-electron chi connectivity index (χ0n) is 9.44. The summed E-state index contributed by atoms with van der Waals surface area (Å²) >= 11 is 0. The largest absolute Gasteiger partial charge is 0.508 e. The summed E-state index contributed by atoms with van der Waals surface area (Å²) in [5.74, 6) is -0.568. The van der Waals surface area contributed by atoms with Crippen molar-refractivity contribution in [2.24, 2.45) is 11.1 Å². The minimum absolute atomic E-state index is 0.0640. The number of nitrogens with two attached hydrogens (primary N) is 1. The molecule has 0 spiro atoms. The normalized spacial score (nSPS) is 16.5. The number of phenols is 2. The van der Waals surface area contributed by atoms with E-state index in [1.165, 1.54) is 18.2 Å². The van der Waals surface area contributed by atoms with Crippen molar-refractivity contribution >= 4 is 5.91 Å². The number of benzene rings is 1. The zero-order chi connectivity index (χ0) is 12.5. The molecule has 1 saturated carbocycles. The molecule has 1 amide bonds. The van der Waals surface area contributed by atoms with Gasteiger partial charge in [-0.25, -0.2) is 0 Å². The first-order valence-corrected chi connectivity index (χ1v) is 5.56. The molecule has 0 heterocycles. The van der Waals surface area contributed by atoms with E-state index in [2.05, 4.69) is 5.32 Å². The SMILES string of the molecule is NCC1(CNC(=O)c2cc(O)cc(O)c2)CC1. The Kier molecular flexibility index (Phi) is 2.93. The fourth-order valence-electron chi connectivity index (χ4n) is 1.73. The molecule has 0 aliphatic heterocycles. The average Bonchev–Trinajstić information content (AvgIpc) is 3.05. The first kappa shape index (κ1) is 11.7. The number of phenolic OH excluding ortho intramolecular Hbond substituents is 2. The molecule has 17 heavy (non-hydrogen) atoms. The summed E-state index contributed by atoms with van der Waals surface area (Å²) in [7, 11) is 0. The molecule has 0 radical (unpaired) electrons. The number of carbonyl (C=O) groups is 1. The molecular weight excluding hydrogens is 220 g/mol. The van der Waals surface area contributed by atoms with Gasteiger partial charge in [0.05, 0.1) is 0 Å². The number of carbonyl (C=O) groups excluding carboxylic acids is 1. The Hall–Kier alpha value is -1.75. The van der Waals surface area contributed by atoms with Gasteiger partial charge >= 0.3 is 0 Å². The molecule has 0 saturated heterocycles. The van der Waals surface area contributed by atoms with Gasteiger partial charge in [-0.05, 0) is 31.5 Å². The molecule has 1 aromatic rings. The highest BCUT2D eigenvalue weighted by Crippen LogP contribution is 2.43. The molecule has 5 N–H and O–H groups in total. The van der Waals surface area contributed by atoms with Crippen molar-refractivity contribution in [2.45, 2.75) is 12.8 Å². The lowest BCUT2D eigenvalue weighted by atomic mass is 10.1. The minimum atomic E-state index is -0.309. The van der Waals surface area contributed by atoms with Crippen LogP contribution in [-0.2, 0) is 0 Å². The number of aromatic hydroxyl groups is 2. The maximum absolute atomic E-state index is 11.8. The van der Waals surface area contributed by atoms with Gasteiger partial charge in [0.15, 0.2) is 0 Å². The maximum Gasteiger partial charge on any atom is 0.251 e. The number of hydrogen-bond donors (Lipinski definition) is 4. The summed E-state index contributed by atoms with van der Waals surface area (Å²) in [6, 6.07) is 3.81. The van der Waals surface area contributed by atoms with E-state index >= 15 is 0 Å². The van der Waals surface area contributed by atoms with Crippen molar-refractivity contribution in [3.05, 3.63) is 23.8 Å². The third-order valence-corrected chi connectivity index (χ3v) is 3.18. The molecule has 5 nitrogen and oxygen atoms in total. The van der Waals surface area contributed by atoms with Crippen LogP contribution in [-0.4, -0.2) is 29.2 Å². The van der Waals surface area contributed by atoms with E-state index in [0.29, 0.717) is 13.1 Å². The van der Waals surface area contributed by atoms with Crippen LogP contribution >= 0.6 is 0 Å². The van der Waals surface area contributed by atoms with Gasteiger partial charge in [-0.3, -0.25) is 4.79 Å². The Labute approximate surface area is 99.3 Å². The Bertz CT molecular complexity index is 421. The van der Waals surface area contributed by atoms with Gasteiger partial charge in [0.1, 0.15) is 11.5 Å². The molecule has 0 aromatic heterocycles. The third kappa shape index (κ3) is 2.68. The van der Waals surface area contributed by atoms with Crippen LogP contribution < -0.4 is 11.1 Å². The van der Waals surface area contributed by atoms with Crippen molar-refractivity contribution in [1.29, 1.82) is 0 Å². The van der Waals surface area contributed by atoms with Crippen LogP contribution in [0.15, 0.2) is 18.2 Å². The molecule has 1 fully saturated rings. The smallest absolute Gasteiger partial charge is 0.251 e. The maximum atomic E-state index is 11.8. The molecule has 92 valence electrons. The van der Waals surface area contributed by atoms with E-state index in [1.54, 1.807) is 0 Å². The van der Waals surface area contributed by atoms with E-state index in [4.69, 9.17) is 5.73 Å². The van der Waals surface area contributed by atoms with Crippen LogP contribution in [0, 0.1) is 5.41 Å². The lowest BCUT2D eigenvalue weighted by Crippen LogP contribution is -2.33. The monoisotopic (exact) mass is 236 g/mol. The standard InChI is InChI=1S/C12H16N2O3/c13-6-12(1-2-12)7-14-11(17)8-3-9(15)5-10(16)4-8/h3-5,15-16H,1-2,6-7,13H2,(H,14,17). The molecule has 1 aliphatic carbocycles. The van der Waals surface area contributed by atoms with Crippen molar-refractivity contribution in [3.63, 3.8) is 0 Å². The van der Waals surface area contributed by atoms with Crippen molar-refractivity contribution in [1.82, 2.24) is 5.32 Å². The average molecular weight is 236 g/mol. The molecule has 0 bridgehead atoms. The van der Waals surface area contributed by atoms with E-state index in [0.717, 1.165) is 12.8 Å². The highest BCUT2D eigenvalue weighted by Gasteiger charge is 2.41. The van der Waals surface area contributed by atoms with E-state index in [1.807, 2.05) is 0 Å². The Morgan fingerprint density at radius 1 is 1.29 bits per heavy atom. The van der Waals surface area contributed by atoms with Crippen molar-refractivity contribution in [3.8, 4) is 11.5 Å². The van der Waals surface area contributed by atoms with E-state index in [9.17, 15) is 15.0 Å². The summed E-state index contributed by atoms with van der Waals surface area (Å²) in [5, 5.41) is 21.3. The Morgan fingerprint density at radius 3 is 2.35 bits per heavy atom. The molecule has 0 unspecified atom stereocenters. The molecule has 1 aliphatic rings. The molecule has 2 rings (SSSR count). The highest BCUT2D eigenvalue weighted by atomic mass is 16.3. The lowest BCUT2D eigenvalue weighted by Gasteiger charge is -2.13. The number of hydrogen-bond acceptors (Lipinski definition) is 4. The van der Waals surface area contributed by atoms with Crippen LogP contribution in [0.1, 0.15) is 23.2 Å². The van der Waals surface area contributed by atoms with Crippen molar-refractivity contribution in [2.75, 3.05) is 13.1 Å². The first-order valence-electron chi connectivity index (χ1n) is 5.56. The predicted molar refractivity (Wildman–Crippen MR) is 62.8 cm³/mol.